The van der Waals surface area contributed by atoms with Gasteiger partial charge in [-0.25, -0.2) is 0 Å². The minimum absolute atomic E-state index is 0.843. The molecule has 0 nitrogen and oxygen atoms in total. The highest BCUT2D eigenvalue weighted by atomic mass is 32.2. The smallest absolute Gasteiger partial charge is 0.0184 e. The van der Waals surface area contributed by atoms with Gasteiger partial charge in [0.05, 0.1) is 0 Å². The number of hydrogen-bond acceptors (Lipinski definition) is 1. The van der Waals surface area contributed by atoms with E-state index < -0.39 is 0 Å². The molecule has 0 saturated heterocycles. The number of rotatable bonds is 3. The van der Waals surface area contributed by atoms with E-state index in [9.17, 15) is 0 Å². The van der Waals surface area contributed by atoms with E-state index in [2.05, 4.69) is 31.4 Å². The fourth-order valence-electron chi connectivity index (χ4n) is 2.73. The number of thioether (sulfide) groups is 1. The van der Waals surface area contributed by atoms with Gasteiger partial charge in [-0.05, 0) is 48.6 Å². The second-order valence-electron chi connectivity index (χ2n) is 4.95. The van der Waals surface area contributed by atoms with E-state index in [4.69, 9.17) is 0 Å². The topological polar surface area (TPSA) is 0 Å². The van der Waals surface area contributed by atoms with Crippen LogP contribution in [0, 0.1) is 6.92 Å². The molecule has 0 aliphatic heterocycles. The van der Waals surface area contributed by atoms with Gasteiger partial charge in [0.1, 0.15) is 0 Å². The molecule has 88 valence electrons. The van der Waals surface area contributed by atoms with Crippen molar-refractivity contribution in [2.45, 2.75) is 50.7 Å². The van der Waals surface area contributed by atoms with Crippen LogP contribution in [-0.4, -0.2) is 6.26 Å². The summed E-state index contributed by atoms with van der Waals surface area (Å²) in [5.74, 6) is 1.99. The second kappa shape index (κ2) is 5.77. The summed E-state index contributed by atoms with van der Waals surface area (Å²) in [5, 5.41) is 0. The van der Waals surface area contributed by atoms with Crippen LogP contribution in [0.15, 0.2) is 18.2 Å². The average Bonchev–Trinajstić information content (AvgIpc) is 2.33. The van der Waals surface area contributed by atoms with Crippen LogP contribution in [0.25, 0.3) is 0 Å². The molecule has 0 radical (unpaired) electrons. The fourth-order valence-corrected chi connectivity index (χ4v) is 3.36. The van der Waals surface area contributed by atoms with Gasteiger partial charge in [0, 0.05) is 5.75 Å². The van der Waals surface area contributed by atoms with Gasteiger partial charge in [-0.15, -0.1) is 0 Å². The molecule has 1 aromatic rings. The Morgan fingerprint density at radius 3 is 2.56 bits per heavy atom. The molecule has 0 spiro atoms. The maximum atomic E-state index is 2.43. The van der Waals surface area contributed by atoms with Crippen molar-refractivity contribution >= 4 is 11.8 Å². The predicted molar refractivity (Wildman–Crippen MR) is 74.2 cm³/mol. The van der Waals surface area contributed by atoms with E-state index in [-0.39, 0.29) is 0 Å². The summed E-state index contributed by atoms with van der Waals surface area (Å²) < 4.78 is 0. The Kier molecular flexibility index (Phi) is 4.34. The van der Waals surface area contributed by atoms with Crippen molar-refractivity contribution in [2.75, 3.05) is 6.26 Å². The number of benzene rings is 1. The molecule has 0 aromatic heterocycles. The minimum atomic E-state index is 0.843. The van der Waals surface area contributed by atoms with Gasteiger partial charge in [-0.1, -0.05) is 37.5 Å². The van der Waals surface area contributed by atoms with Gasteiger partial charge in [0.15, 0.2) is 0 Å². The molecule has 1 saturated carbocycles. The quantitative estimate of drug-likeness (QED) is 0.716. The number of hydrogen-bond donors (Lipinski definition) is 0. The summed E-state index contributed by atoms with van der Waals surface area (Å²) in [5.41, 5.74) is 4.58. The first-order chi connectivity index (χ1) is 7.81. The summed E-state index contributed by atoms with van der Waals surface area (Å²) in [6.07, 6.45) is 9.28. The van der Waals surface area contributed by atoms with Crippen LogP contribution in [0.2, 0.25) is 0 Å². The molecule has 0 atom stereocenters. The standard InChI is InChI=1S/C15H22S/c1-12-10-14(8-9-15(12)11-16-2)13-6-4-3-5-7-13/h8-10,13H,3-7,11H2,1-2H3. The Hall–Kier alpha value is -0.430. The highest BCUT2D eigenvalue weighted by Crippen LogP contribution is 2.33. The third-order valence-electron chi connectivity index (χ3n) is 3.74. The summed E-state index contributed by atoms with van der Waals surface area (Å²) in [7, 11) is 0. The maximum Gasteiger partial charge on any atom is 0.0184 e. The van der Waals surface area contributed by atoms with Crippen LogP contribution >= 0.6 is 11.8 Å². The van der Waals surface area contributed by atoms with Gasteiger partial charge in [-0.2, -0.15) is 11.8 Å². The van der Waals surface area contributed by atoms with Crippen LogP contribution in [0.1, 0.15) is 54.7 Å². The molecule has 1 aliphatic carbocycles. The molecular weight excluding hydrogens is 212 g/mol. The zero-order valence-corrected chi connectivity index (χ0v) is 11.3. The first-order valence-electron chi connectivity index (χ1n) is 6.39. The first kappa shape index (κ1) is 12.0. The molecule has 0 unspecified atom stereocenters. The Morgan fingerprint density at radius 1 is 1.19 bits per heavy atom. The van der Waals surface area contributed by atoms with Crippen molar-refractivity contribution in [3.63, 3.8) is 0 Å². The molecular formula is C15H22S. The normalized spacial score (nSPS) is 17.6. The zero-order valence-electron chi connectivity index (χ0n) is 10.5. The Balaban J connectivity index is 2.13. The largest absolute Gasteiger partial charge is 0.161 e. The van der Waals surface area contributed by atoms with E-state index in [0.29, 0.717) is 0 Å². The zero-order chi connectivity index (χ0) is 11.4. The van der Waals surface area contributed by atoms with Crippen molar-refractivity contribution in [3.8, 4) is 0 Å². The SMILES string of the molecule is CSCc1ccc(C2CCCCC2)cc1C. The minimum Gasteiger partial charge on any atom is -0.161 e. The summed E-state index contributed by atoms with van der Waals surface area (Å²) in [6, 6.07) is 7.14. The maximum absolute atomic E-state index is 2.43. The lowest BCUT2D eigenvalue weighted by atomic mass is 9.83. The van der Waals surface area contributed by atoms with Gasteiger partial charge in [0.2, 0.25) is 0 Å². The van der Waals surface area contributed by atoms with E-state index in [1.807, 2.05) is 11.8 Å². The predicted octanol–water partition coefficient (Wildman–Crippen LogP) is 4.91. The monoisotopic (exact) mass is 234 g/mol. The van der Waals surface area contributed by atoms with Gasteiger partial charge in [-0.3, -0.25) is 0 Å². The molecule has 1 aliphatic rings. The lowest BCUT2D eigenvalue weighted by Gasteiger charge is -2.22. The summed E-state index contributed by atoms with van der Waals surface area (Å²) in [6.45, 7) is 2.26. The van der Waals surface area contributed by atoms with E-state index in [0.717, 1.165) is 11.7 Å². The summed E-state index contributed by atoms with van der Waals surface area (Å²) in [4.78, 5) is 0. The average molecular weight is 234 g/mol. The lowest BCUT2D eigenvalue weighted by Crippen LogP contribution is -2.05. The highest BCUT2D eigenvalue weighted by molar-refractivity contribution is 7.97. The lowest BCUT2D eigenvalue weighted by molar-refractivity contribution is 0.443. The van der Waals surface area contributed by atoms with Crippen molar-refractivity contribution in [3.05, 3.63) is 34.9 Å². The fraction of sp³-hybridized carbons (Fsp3) is 0.600. The van der Waals surface area contributed by atoms with Crippen LogP contribution in [0.4, 0.5) is 0 Å². The molecule has 1 heteroatoms. The molecule has 0 amide bonds. The van der Waals surface area contributed by atoms with E-state index in [1.54, 1.807) is 5.56 Å². The Bertz CT molecular complexity index is 337. The van der Waals surface area contributed by atoms with E-state index >= 15 is 0 Å². The Morgan fingerprint density at radius 2 is 1.94 bits per heavy atom. The summed E-state index contributed by atoms with van der Waals surface area (Å²) >= 11 is 1.91. The third-order valence-corrected chi connectivity index (χ3v) is 4.34. The van der Waals surface area contributed by atoms with Crippen molar-refractivity contribution in [2.24, 2.45) is 0 Å². The van der Waals surface area contributed by atoms with Gasteiger partial charge < -0.3 is 0 Å². The Labute approximate surface area is 104 Å². The van der Waals surface area contributed by atoms with Crippen LogP contribution < -0.4 is 0 Å². The van der Waals surface area contributed by atoms with Crippen molar-refractivity contribution in [1.82, 2.24) is 0 Å². The molecule has 1 aromatic carbocycles. The molecule has 0 heterocycles. The van der Waals surface area contributed by atoms with E-state index in [1.165, 1.54) is 43.2 Å². The molecule has 1 fully saturated rings. The second-order valence-corrected chi connectivity index (χ2v) is 5.82. The van der Waals surface area contributed by atoms with Crippen molar-refractivity contribution in [1.29, 1.82) is 0 Å². The first-order valence-corrected chi connectivity index (χ1v) is 7.79. The van der Waals surface area contributed by atoms with Gasteiger partial charge in [0.25, 0.3) is 0 Å². The van der Waals surface area contributed by atoms with Crippen LogP contribution in [-0.2, 0) is 5.75 Å². The molecule has 0 bridgehead atoms. The van der Waals surface area contributed by atoms with Crippen molar-refractivity contribution < 1.29 is 0 Å². The highest BCUT2D eigenvalue weighted by Gasteiger charge is 2.15. The molecule has 16 heavy (non-hydrogen) atoms. The molecule has 0 N–H and O–H groups in total. The molecule has 2 rings (SSSR count). The van der Waals surface area contributed by atoms with Crippen LogP contribution in [0.3, 0.4) is 0 Å². The third kappa shape index (κ3) is 2.82. The van der Waals surface area contributed by atoms with Gasteiger partial charge >= 0.3 is 0 Å². The number of aryl methyl sites for hydroxylation is 1. The van der Waals surface area contributed by atoms with Crippen LogP contribution in [0.5, 0.6) is 0 Å².